The second-order valence-electron chi connectivity index (χ2n) is 3.52. The molecule has 7 heteroatoms. The van der Waals surface area contributed by atoms with Gasteiger partial charge in [0.2, 0.25) is 11.6 Å². The molecule has 1 heterocycles. The molecule has 5 nitrogen and oxygen atoms in total. The minimum atomic E-state index is -1.21. The number of halogens is 2. The summed E-state index contributed by atoms with van der Waals surface area (Å²) >= 11 is 9.16. The Balaban J connectivity index is 2.50. The second kappa shape index (κ2) is 5.63. The van der Waals surface area contributed by atoms with Crippen LogP contribution in [0.4, 0.5) is 0 Å². The number of aromatic nitrogens is 1. The van der Waals surface area contributed by atoms with E-state index in [0.29, 0.717) is 15.1 Å². The summed E-state index contributed by atoms with van der Waals surface area (Å²) in [6.07, 6.45) is 0. The molecule has 2 aromatic rings. The number of nitrogens with zero attached hydrogens (tertiary/aromatic N) is 1. The largest absolute Gasteiger partial charge is 0.476 e. The first-order valence-electron chi connectivity index (χ1n) is 5.35. The van der Waals surface area contributed by atoms with Crippen LogP contribution in [-0.4, -0.2) is 22.7 Å². The molecule has 19 heavy (non-hydrogen) atoms. The molecule has 0 unspecified atom stereocenters. The van der Waals surface area contributed by atoms with Gasteiger partial charge in [0.25, 0.3) is 0 Å². The normalized spacial score (nSPS) is 10.5. The Morgan fingerprint density at radius 3 is 2.89 bits per heavy atom. The van der Waals surface area contributed by atoms with E-state index in [4.69, 9.17) is 25.9 Å². The number of carboxylic acid groups (broad SMARTS) is 1. The third kappa shape index (κ3) is 2.90. The first-order valence-corrected chi connectivity index (χ1v) is 6.52. The highest BCUT2D eigenvalue weighted by Gasteiger charge is 2.22. The number of carboxylic acids is 1. The fraction of sp³-hybridized carbons (Fsp3) is 0.167. The van der Waals surface area contributed by atoms with Crippen molar-refractivity contribution in [3.63, 3.8) is 0 Å². The van der Waals surface area contributed by atoms with Gasteiger partial charge in [0.15, 0.2) is 0 Å². The van der Waals surface area contributed by atoms with Crippen LogP contribution in [0.3, 0.4) is 0 Å². The third-order valence-electron chi connectivity index (χ3n) is 2.24. The fourth-order valence-corrected chi connectivity index (χ4v) is 2.30. The van der Waals surface area contributed by atoms with Crippen LogP contribution in [-0.2, 0) is 0 Å². The van der Waals surface area contributed by atoms with Crippen molar-refractivity contribution < 1.29 is 19.1 Å². The van der Waals surface area contributed by atoms with Crippen LogP contribution >= 0.6 is 27.5 Å². The van der Waals surface area contributed by atoms with Crippen molar-refractivity contribution in [2.75, 3.05) is 6.61 Å². The van der Waals surface area contributed by atoms with E-state index in [-0.39, 0.29) is 24.1 Å². The fourth-order valence-electron chi connectivity index (χ4n) is 1.45. The average Bonchev–Trinajstić information content (AvgIpc) is 2.73. The Morgan fingerprint density at radius 2 is 2.32 bits per heavy atom. The van der Waals surface area contributed by atoms with Gasteiger partial charge in [-0.05, 0) is 41.1 Å². The van der Waals surface area contributed by atoms with Crippen LogP contribution in [0.25, 0.3) is 11.5 Å². The Bertz CT molecular complexity index is 626. The van der Waals surface area contributed by atoms with Crippen LogP contribution in [0, 0.1) is 0 Å². The molecule has 0 amide bonds. The number of ether oxygens (including phenoxy) is 1. The molecule has 100 valence electrons. The van der Waals surface area contributed by atoms with Gasteiger partial charge in [0.1, 0.15) is 0 Å². The molecule has 0 aliphatic rings. The molecule has 1 aromatic heterocycles. The van der Waals surface area contributed by atoms with Gasteiger partial charge in [0.05, 0.1) is 12.2 Å². The molecule has 2 rings (SSSR count). The van der Waals surface area contributed by atoms with Gasteiger partial charge in [-0.1, -0.05) is 11.6 Å². The molecule has 0 atom stereocenters. The lowest BCUT2D eigenvalue weighted by Gasteiger charge is -2.00. The van der Waals surface area contributed by atoms with E-state index < -0.39 is 5.97 Å². The number of oxazole rings is 1. The number of aromatic carboxylic acids is 1. The van der Waals surface area contributed by atoms with E-state index in [1.54, 1.807) is 25.1 Å². The maximum absolute atomic E-state index is 11.0. The zero-order valence-corrected chi connectivity index (χ0v) is 12.2. The van der Waals surface area contributed by atoms with E-state index in [2.05, 4.69) is 20.9 Å². The van der Waals surface area contributed by atoms with E-state index in [9.17, 15) is 4.79 Å². The topological polar surface area (TPSA) is 72.6 Å². The highest BCUT2D eigenvalue weighted by Crippen LogP contribution is 2.33. The molecule has 0 fully saturated rings. The van der Waals surface area contributed by atoms with Gasteiger partial charge in [-0.25, -0.2) is 4.79 Å². The van der Waals surface area contributed by atoms with Crippen molar-refractivity contribution in [3.8, 4) is 17.4 Å². The molecule has 0 saturated heterocycles. The van der Waals surface area contributed by atoms with Crippen molar-refractivity contribution in [1.29, 1.82) is 0 Å². The summed E-state index contributed by atoms with van der Waals surface area (Å²) in [7, 11) is 0. The molecule has 1 aromatic carbocycles. The van der Waals surface area contributed by atoms with E-state index in [1.165, 1.54) is 0 Å². The molecule has 0 radical (unpaired) electrons. The SMILES string of the molecule is CCOc1oc(-c2ccc(Cl)cc2Br)nc1C(=O)O. The average molecular weight is 347 g/mol. The van der Waals surface area contributed by atoms with E-state index in [0.717, 1.165) is 0 Å². The lowest BCUT2D eigenvalue weighted by atomic mass is 10.2. The van der Waals surface area contributed by atoms with Crippen LogP contribution in [0.5, 0.6) is 5.95 Å². The van der Waals surface area contributed by atoms with Crippen molar-refractivity contribution in [3.05, 3.63) is 33.4 Å². The zero-order valence-electron chi connectivity index (χ0n) is 9.81. The van der Waals surface area contributed by atoms with Crippen molar-refractivity contribution in [2.24, 2.45) is 0 Å². The molecule has 0 bridgehead atoms. The first kappa shape index (κ1) is 13.9. The summed E-state index contributed by atoms with van der Waals surface area (Å²) in [5, 5.41) is 9.58. The van der Waals surface area contributed by atoms with Gasteiger partial charge in [-0.15, -0.1) is 0 Å². The predicted molar refractivity (Wildman–Crippen MR) is 72.8 cm³/mol. The minimum absolute atomic E-state index is 0.105. The maximum Gasteiger partial charge on any atom is 0.362 e. The summed E-state index contributed by atoms with van der Waals surface area (Å²) < 4.78 is 11.1. The summed E-state index contributed by atoms with van der Waals surface area (Å²) in [6, 6.07) is 5.01. The minimum Gasteiger partial charge on any atom is -0.476 e. The number of hydrogen-bond donors (Lipinski definition) is 1. The van der Waals surface area contributed by atoms with Crippen LogP contribution in [0.15, 0.2) is 27.1 Å². The summed E-state index contributed by atoms with van der Waals surface area (Å²) in [4.78, 5) is 15.0. The molecular weight excluding hydrogens is 337 g/mol. The summed E-state index contributed by atoms with van der Waals surface area (Å²) in [5.74, 6) is -1.15. The van der Waals surface area contributed by atoms with Gasteiger partial charge in [-0.2, -0.15) is 4.98 Å². The number of rotatable bonds is 4. The van der Waals surface area contributed by atoms with Crippen LogP contribution < -0.4 is 4.74 Å². The predicted octanol–water partition coefficient (Wildman–Crippen LogP) is 3.85. The highest BCUT2D eigenvalue weighted by molar-refractivity contribution is 9.10. The quantitative estimate of drug-likeness (QED) is 0.910. The Labute approximate surface area is 122 Å². The lowest BCUT2D eigenvalue weighted by molar-refractivity contribution is 0.0683. The van der Waals surface area contributed by atoms with E-state index in [1.807, 2.05) is 0 Å². The third-order valence-corrected chi connectivity index (χ3v) is 3.13. The number of benzene rings is 1. The van der Waals surface area contributed by atoms with Crippen molar-refractivity contribution >= 4 is 33.5 Å². The van der Waals surface area contributed by atoms with Crippen molar-refractivity contribution in [1.82, 2.24) is 4.98 Å². The monoisotopic (exact) mass is 345 g/mol. The van der Waals surface area contributed by atoms with Gasteiger partial charge >= 0.3 is 11.9 Å². The van der Waals surface area contributed by atoms with Crippen molar-refractivity contribution in [2.45, 2.75) is 6.92 Å². The molecule has 0 aliphatic heterocycles. The molecule has 0 saturated carbocycles. The smallest absolute Gasteiger partial charge is 0.362 e. The van der Waals surface area contributed by atoms with Crippen LogP contribution in [0.2, 0.25) is 5.02 Å². The summed E-state index contributed by atoms with van der Waals surface area (Å²) in [5.41, 5.74) is 0.344. The number of carbonyl (C=O) groups is 1. The molecule has 0 aliphatic carbocycles. The maximum atomic E-state index is 11.0. The lowest BCUT2D eigenvalue weighted by Crippen LogP contribution is -2.01. The second-order valence-corrected chi connectivity index (χ2v) is 4.81. The summed E-state index contributed by atoms with van der Waals surface area (Å²) in [6.45, 7) is 2.02. The zero-order chi connectivity index (χ0) is 14.0. The molecule has 0 spiro atoms. The Hall–Kier alpha value is -1.53. The van der Waals surface area contributed by atoms with Gasteiger partial charge < -0.3 is 14.3 Å². The van der Waals surface area contributed by atoms with E-state index >= 15 is 0 Å². The Morgan fingerprint density at radius 1 is 1.58 bits per heavy atom. The van der Waals surface area contributed by atoms with Gasteiger partial charge in [0, 0.05) is 9.50 Å². The highest BCUT2D eigenvalue weighted by atomic mass is 79.9. The molecular formula is C12H9BrClNO4. The standard InChI is InChI=1S/C12H9BrClNO4/c1-2-18-12-9(11(16)17)15-10(19-12)7-4-3-6(14)5-8(7)13/h3-5H,2H2,1H3,(H,16,17). The van der Waals surface area contributed by atoms with Crippen LogP contribution in [0.1, 0.15) is 17.4 Å². The first-order chi connectivity index (χ1) is 9.02. The Kier molecular flexibility index (Phi) is 4.11. The molecule has 1 N–H and O–H groups in total. The number of hydrogen-bond acceptors (Lipinski definition) is 4. The van der Waals surface area contributed by atoms with Gasteiger partial charge in [-0.3, -0.25) is 0 Å².